The summed E-state index contributed by atoms with van der Waals surface area (Å²) in [4.78, 5) is 19.3. The van der Waals surface area contributed by atoms with Gasteiger partial charge in [0.05, 0.1) is 5.69 Å². The number of likely N-dealkylation sites (tertiary alicyclic amines) is 1. The molecule has 1 atom stereocenters. The predicted octanol–water partition coefficient (Wildman–Crippen LogP) is 0.289. The molecule has 3 rings (SSSR count). The van der Waals surface area contributed by atoms with Crippen LogP contribution in [0.1, 0.15) is 12.1 Å². The molecule has 0 spiro atoms. The summed E-state index contributed by atoms with van der Waals surface area (Å²) in [6.45, 7) is 2.61. The lowest BCUT2D eigenvalue weighted by atomic mass is 10.3. The van der Waals surface area contributed by atoms with Gasteiger partial charge in [-0.05, 0) is 6.42 Å². The summed E-state index contributed by atoms with van der Waals surface area (Å²) in [5, 5.41) is 1.87. The molecule has 0 aromatic carbocycles. The highest BCUT2D eigenvalue weighted by Gasteiger charge is 2.19. The van der Waals surface area contributed by atoms with E-state index in [1.165, 1.54) is 11.3 Å². The summed E-state index contributed by atoms with van der Waals surface area (Å²) < 4.78 is 1.57. The van der Waals surface area contributed by atoms with Crippen molar-refractivity contribution in [3.05, 3.63) is 33.7 Å². The van der Waals surface area contributed by atoms with Gasteiger partial charge in [0.25, 0.3) is 5.56 Å². The van der Waals surface area contributed by atoms with Gasteiger partial charge in [-0.1, -0.05) is 0 Å². The summed E-state index contributed by atoms with van der Waals surface area (Å²) in [5.41, 5.74) is 6.69. The second-order valence-corrected chi connectivity index (χ2v) is 5.30. The zero-order valence-corrected chi connectivity index (χ0v) is 10.2. The van der Waals surface area contributed by atoms with Crippen LogP contribution in [0.3, 0.4) is 0 Å². The van der Waals surface area contributed by atoms with Crippen molar-refractivity contribution in [2.24, 2.45) is 5.73 Å². The molecule has 2 N–H and O–H groups in total. The minimum Gasteiger partial charge on any atom is -0.326 e. The minimum absolute atomic E-state index is 0.00487. The summed E-state index contributed by atoms with van der Waals surface area (Å²) in [6.07, 6.45) is 2.78. The molecule has 6 heteroatoms. The van der Waals surface area contributed by atoms with Crippen molar-refractivity contribution >= 4 is 16.3 Å². The van der Waals surface area contributed by atoms with Crippen LogP contribution in [0, 0.1) is 0 Å². The number of thiazole rings is 1. The molecule has 0 bridgehead atoms. The third kappa shape index (κ3) is 2.11. The first-order chi connectivity index (χ1) is 8.22. The van der Waals surface area contributed by atoms with E-state index in [2.05, 4.69) is 9.88 Å². The van der Waals surface area contributed by atoms with Gasteiger partial charge in [-0.2, -0.15) is 0 Å². The molecule has 2 aromatic heterocycles. The highest BCUT2D eigenvalue weighted by Crippen LogP contribution is 2.12. The summed E-state index contributed by atoms with van der Waals surface area (Å²) in [6, 6.07) is 1.88. The lowest BCUT2D eigenvalue weighted by molar-refractivity contribution is 0.323. The van der Waals surface area contributed by atoms with Gasteiger partial charge in [0, 0.05) is 43.3 Å². The molecule has 0 radical (unpaired) electrons. The van der Waals surface area contributed by atoms with E-state index in [9.17, 15) is 4.79 Å². The lowest BCUT2D eigenvalue weighted by Crippen LogP contribution is -2.27. The van der Waals surface area contributed by atoms with E-state index in [-0.39, 0.29) is 11.6 Å². The van der Waals surface area contributed by atoms with Gasteiger partial charge in [0.2, 0.25) is 0 Å². The Hall–Kier alpha value is -1.24. The average Bonchev–Trinajstić information content (AvgIpc) is 2.87. The van der Waals surface area contributed by atoms with Crippen LogP contribution in [0.5, 0.6) is 0 Å². The van der Waals surface area contributed by atoms with Crippen LogP contribution in [-0.2, 0) is 6.54 Å². The summed E-state index contributed by atoms with van der Waals surface area (Å²) >= 11 is 1.48. The third-order valence-electron chi connectivity index (χ3n) is 3.05. The normalized spacial score (nSPS) is 21.4. The number of hydrogen-bond donors (Lipinski definition) is 1. The largest absolute Gasteiger partial charge is 0.326 e. The van der Waals surface area contributed by atoms with Crippen LogP contribution in [0.2, 0.25) is 0 Å². The molecule has 1 fully saturated rings. The Morgan fingerprint density at radius 2 is 2.47 bits per heavy atom. The Labute approximate surface area is 103 Å². The van der Waals surface area contributed by atoms with Crippen molar-refractivity contribution in [2.75, 3.05) is 13.1 Å². The van der Waals surface area contributed by atoms with E-state index in [0.717, 1.165) is 36.7 Å². The first-order valence-corrected chi connectivity index (χ1v) is 6.54. The number of nitrogens with two attached hydrogens (primary N) is 1. The van der Waals surface area contributed by atoms with Crippen molar-refractivity contribution in [3.8, 4) is 0 Å². The van der Waals surface area contributed by atoms with E-state index in [1.54, 1.807) is 16.7 Å². The molecule has 3 heterocycles. The van der Waals surface area contributed by atoms with Gasteiger partial charge < -0.3 is 5.73 Å². The van der Waals surface area contributed by atoms with Crippen LogP contribution in [0.15, 0.2) is 22.4 Å². The first kappa shape index (κ1) is 10.9. The Bertz CT molecular complexity index is 590. The number of nitrogens with zero attached hydrogens (tertiary/aromatic N) is 3. The SMILES string of the molecule is N[C@@H]1CCN(Cc2cc(=O)n3ccsc3n2)C1. The quantitative estimate of drug-likeness (QED) is 0.832. The molecule has 1 aliphatic rings. The Kier molecular flexibility index (Phi) is 2.70. The van der Waals surface area contributed by atoms with Gasteiger partial charge in [-0.3, -0.25) is 14.1 Å². The van der Waals surface area contributed by atoms with E-state index in [4.69, 9.17) is 5.73 Å². The van der Waals surface area contributed by atoms with Crippen molar-refractivity contribution < 1.29 is 0 Å². The first-order valence-electron chi connectivity index (χ1n) is 5.66. The number of hydrogen-bond acceptors (Lipinski definition) is 5. The Balaban J connectivity index is 1.88. The monoisotopic (exact) mass is 250 g/mol. The molecule has 0 amide bonds. The van der Waals surface area contributed by atoms with Crippen LogP contribution in [0.4, 0.5) is 0 Å². The molecule has 1 aliphatic heterocycles. The summed E-state index contributed by atoms with van der Waals surface area (Å²) in [5.74, 6) is 0. The maximum atomic E-state index is 11.8. The predicted molar refractivity (Wildman–Crippen MR) is 67.2 cm³/mol. The second-order valence-electron chi connectivity index (χ2n) is 4.43. The molecule has 5 nitrogen and oxygen atoms in total. The van der Waals surface area contributed by atoms with Gasteiger partial charge in [-0.25, -0.2) is 4.98 Å². The second kappa shape index (κ2) is 4.21. The molecule has 90 valence electrons. The highest BCUT2D eigenvalue weighted by molar-refractivity contribution is 7.15. The Morgan fingerprint density at radius 3 is 3.24 bits per heavy atom. The fraction of sp³-hybridized carbons (Fsp3) is 0.455. The van der Waals surface area contributed by atoms with Crippen molar-refractivity contribution in [1.82, 2.24) is 14.3 Å². The molecule has 2 aromatic rings. The standard InChI is InChI=1S/C11H14N4OS/c12-8-1-2-14(6-8)7-9-5-10(16)15-3-4-17-11(15)13-9/h3-5,8H,1-2,6-7,12H2/t8-/m1/s1. The minimum atomic E-state index is -0.00487. The van der Waals surface area contributed by atoms with Gasteiger partial charge >= 0.3 is 0 Å². The van der Waals surface area contributed by atoms with E-state index >= 15 is 0 Å². The maximum absolute atomic E-state index is 11.8. The molecular formula is C11H14N4OS. The van der Waals surface area contributed by atoms with Crippen molar-refractivity contribution in [2.45, 2.75) is 19.0 Å². The van der Waals surface area contributed by atoms with Crippen LogP contribution < -0.4 is 11.3 Å². The van der Waals surface area contributed by atoms with Gasteiger partial charge in [0.15, 0.2) is 4.96 Å². The van der Waals surface area contributed by atoms with E-state index in [0.29, 0.717) is 0 Å². The highest BCUT2D eigenvalue weighted by atomic mass is 32.1. The number of rotatable bonds is 2. The maximum Gasteiger partial charge on any atom is 0.258 e. The lowest BCUT2D eigenvalue weighted by Gasteiger charge is -2.13. The van der Waals surface area contributed by atoms with Crippen molar-refractivity contribution in [1.29, 1.82) is 0 Å². The molecular weight excluding hydrogens is 236 g/mol. The zero-order valence-electron chi connectivity index (χ0n) is 9.37. The van der Waals surface area contributed by atoms with Crippen LogP contribution in [0.25, 0.3) is 4.96 Å². The number of fused-ring (bicyclic) bond motifs is 1. The molecule has 0 unspecified atom stereocenters. The van der Waals surface area contributed by atoms with E-state index < -0.39 is 0 Å². The van der Waals surface area contributed by atoms with Crippen LogP contribution >= 0.6 is 11.3 Å². The fourth-order valence-corrected chi connectivity index (χ4v) is 2.94. The van der Waals surface area contributed by atoms with E-state index in [1.807, 2.05) is 5.38 Å². The van der Waals surface area contributed by atoms with Crippen LogP contribution in [-0.4, -0.2) is 33.4 Å². The topological polar surface area (TPSA) is 63.6 Å². The Morgan fingerprint density at radius 1 is 1.59 bits per heavy atom. The molecule has 1 saturated heterocycles. The van der Waals surface area contributed by atoms with Crippen molar-refractivity contribution in [3.63, 3.8) is 0 Å². The zero-order chi connectivity index (χ0) is 11.8. The third-order valence-corrected chi connectivity index (χ3v) is 3.81. The molecule has 0 saturated carbocycles. The number of aromatic nitrogens is 2. The smallest absolute Gasteiger partial charge is 0.258 e. The van der Waals surface area contributed by atoms with Gasteiger partial charge in [-0.15, -0.1) is 11.3 Å². The molecule has 0 aliphatic carbocycles. The summed E-state index contributed by atoms with van der Waals surface area (Å²) in [7, 11) is 0. The van der Waals surface area contributed by atoms with Gasteiger partial charge in [0.1, 0.15) is 0 Å². The fourth-order valence-electron chi connectivity index (χ4n) is 2.20. The molecule has 17 heavy (non-hydrogen) atoms. The average molecular weight is 250 g/mol.